The van der Waals surface area contributed by atoms with E-state index in [1.807, 2.05) is 0 Å². The predicted octanol–water partition coefficient (Wildman–Crippen LogP) is 8.40. The summed E-state index contributed by atoms with van der Waals surface area (Å²) in [6, 6.07) is 16.7. The Kier molecular flexibility index (Phi) is 4.90. The zero-order valence-electron chi connectivity index (χ0n) is 19.4. The van der Waals surface area contributed by atoms with Crippen LogP contribution in [-0.4, -0.2) is 0 Å². The van der Waals surface area contributed by atoms with Gasteiger partial charge in [-0.15, -0.1) is 0 Å². The molecule has 0 saturated heterocycles. The van der Waals surface area contributed by atoms with Crippen LogP contribution >= 0.6 is 15.9 Å². The van der Waals surface area contributed by atoms with Gasteiger partial charge in [0.2, 0.25) is 0 Å². The van der Waals surface area contributed by atoms with Crippen molar-refractivity contribution in [2.45, 2.75) is 77.0 Å². The van der Waals surface area contributed by atoms with Crippen molar-refractivity contribution < 1.29 is 0 Å². The van der Waals surface area contributed by atoms with Gasteiger partial charge < -0.3 is 0 Å². The highest BCUT2D eigenvalue weighted by Gasteiger charge is 2.22. The second kappa shape index (κ2) is 7.98. The lowest BCUT2D eigenvalue weighted by Gasteiger charge is -2.25. The Labute approximate surface area is 205 Å². The molecule has 0 spiro atoms. The Hall–Kier alpha value is -2.12. The summed E-state index contributed by atoms with van der Waals surface area (Å²) < 4.78 is 1.35. The fraction of sp³-hybridized carbons (Fsp3) is 0.375. The fourth-order valence-corrected chi connectivity index (χ4v) is 7.85. The highest BCUT2D eigenvalue weighted by molar-refractivity contribution is 9.10. The van der Waals surface area contributed by atoms with Crippen molar-refractivity contribution in [1.29, 1.82) is 0 Å². The second-order valence-electron chi connectivity index (χ2n) is 10.6. The highest BCUT2D eigenvalue weighted by Crippen LogP contribution is 2.41. The standard InChI is InChI=1S/C16H15Br.C16H16/c17-14-9-12-5-1-3-10-7-8-11-4-2-6-13(14)16(11)15(10)12;1-3-11-7-9-13-5-2-6-14-10-8-12(4-1)15(11)16(13)14/h7-9H,1-6H2;7-10H,1-6H2. The lowest BCUT2D eigenvalue weighted by Crippen LogP contribution is -2.09. The molecule has 4 aliphatic carbocycles. The monoisotopic (exact) mass is 494 g/mol. The van der Waals surface area contributed by atoms with Gasteiger partial charge in [-0.3, -0.25) is 0 Å². The van der Waals surface area contributed by atoms with Crippen LogP contribution in [-0.2, 0) is 51.4 Å². The first-order valence-electron chi connectivity index (χ1n) is 13.1. The zero-order chi connectivity index (χ0) is 21.9. The molecule has 8 rings (SSSR count). The smallest absolute Gasteiger partial charge is 0.0216 e. The molecule has 0 fully saturated rings. The van der Waals surface area contributed by atoms with Crippen LogP contribution in [0.3, 0.4) is 0 Å². The molecule has 33 heavy (non-hydrogen) atoms. The van der Waals surface area contributed by atoms with Crippen LogP contribution in [0.15, 0.2) is 46.9 Å². The third kappa shape index (κ3) is 3.22. The van der Waals surface area contributed by atoms with Gasteiger partial charge in [-0.05, 0) is 149 Å². The molecule has 0 heterocycles. The summed E-state index contributed by atoms with van der Waals surface area (Å²) in [5.74, 6) is 0. The van der Waals surface area contributed by atoms with Crippen LogP contribution in [0.1, 0.15) is 70.2 Å². The van der Waals surface area contributed by atoms with Gasteiger partial charge in [0.25, 0.3) is 0 Å². The van der Waals surface area contributed by atoms with Crippen molar-refractivity contribution in [3.63, 3.8) is 0 Å². The summed E-state index contributed by atoms with van der Waals surface area (Å²) in [6.07, 6.45) is 15.5. The van der Waals surface area contributed by atoms with E-state index < -0.39 is 0 Å². The zero-order valence-corrected chi connectivity index (χ0v) is 21.0. The predicted molar refractivity (Wildman–Crippen MR) is 144 cm³/mol. The number of benzene rings is 4. The molecule has 0 amide bonds. The average Bonchev–Trinajstić information content (AvgIpc) is 2.87. The van der Waals surface area contributed by atoms with Crippen LogP contribution < -0.4 is 0 Å². The highest BCUT2D eigenvalue weighted by atomic mass is 79.9. The van der Waals surface area contributed by atoms with Gasteiger partial charge >= 0.3 is 0 Å². The lowest BCUT2D eigenvalue weighted by molar-refractivity contribution is 0.784. The van der Waals surface area contributed by atoms with Gasteiger partial charge in [-0.1, -0.05) is 52.3 Å². The summed E-state index contributed by atoms with van der Waals surface area (Å²) in [7, 11) is 0. The van der Waals surface area contributed by atoms with Crippen LogP contribution in [0.4, 0.5) is 0 Å². The van der Waals surface area contributed by atoms with E-state index >= 15 is 0 Å². The molecule has 1 heteroatoms. The van der Waals surface area contributed by atoms with Gasteiger partial charge in [-0.25, -0.2) is 0 Å². The molecular weight excluding hydrogens is 464 g/mol. The van der Waals surface area contributed by atoms with Crippen molar-refractivity contribution in [3.05, 3.63) is 91.4 Å². The van der Waals surface area contributed by atoms with E-state index in [1.165, 1.54) is 81.5 Å². The Morgan fingerprint density at radius 3 is 1.18 bits per heavy atom. The molecule has 4 aliphatic rings. The van der Waals surface area contributed by atoms with Crippen molar-refractivity contribution in [1.82, 2.24) is 0 Å². The maximum atomic E-state index is 3.79. The molecule has 0 radical (unpaired) electrons. The first kappa shape index (κ1) is 20.3. The number of halogens is 1. The lowest BCUT2D eigenvalue weighted by atomic mass is 9.81. The van der Waals surface area contributed by atoms with E-state index in [2.05, 4.69) is 58.4 Å². The Balaban J connectivity index is 0.000000115. The topological polar surface area (TPSA) is 0 Å². The van der Waals surface area contributed by atoms with E-state index in [0.717, 1.165) is 0 Å². The summed E-state index contributed by atoms with van der Waals surface area (Å²) in [6.45, 7) is 0. The van der Waals surface area contributed by atoms with Crippen molar-refractivity contribution >= 4 is 37.5 Å². The average molecular weight is 496 g/mol. The minimum atomic E-state index is 1.24. The Morgan fingerprint density at radius 1 is 0.394 bits per heavy atom. The van der Waals surface area contributed by atoms with Crippen molar-refractivity contribution in [2.24, 2.45) is 0 Å². The molecule has 166 valence electrons. The third-order valence-corrected chi connectivity index (χ3v) is 9.35. The van der Waals surface area contributed by atoms with Gasteiger partial charge in [-0.2, -0.15) is 0 Å². The van der Waals surface area contributed by atoms with Crippen molar-refractivity contribution in [2.75, 3.05) is 0 Å². The largest absolute Gasteiger partial charge is 0.0581 e. The van der Waals surface area contributed by atoms with Crippen LogP contribution in [0.5, 0.6) is 0 Å². The Bertz CT molecular complexity index is 1330. The summed E-state index contributed by atoms with van der Waals surface area (Å²) in [4.78, 5) is 0. The molecule has 0 nitrogen and oxygen atoms in total. The number of hydrogen-bond donors (Lipinski definition) is 0. The number of hydrogen-bond acceptors (Lipinski definition) is 0. The van der Waals surface area contributed by atoms with E-state index in [-0.39, 0.29) is 0 Å². The van der Waals surface area contributed by atoms with Gasteiger partial charge in [0.15, 0.2) is 0 Å². The molecule has 0 N–H and O–H groups in total. The van der Waals surface area contributed by atoms with Gasteiger partial charge in [0.1, 0.15) is 0 Å². The maximum Gasteiger partial charge on any atom is 0.0216 e. The minimum absolute atomic E-state index is 1.24. The Morgan fingerprint density at radius 2 is 0.727 bits per heavy atom. The fourth-order valence-electron chi connectivity index (χ4n) is 7.18. The summed E-state index contributed by atoms with van der Waals surface area (Å²) >= 11 is 3.79. The molecule has 0 bridgehead atoms. The number of aryl methyl sites for hydroxylation is 8. The van der Waals surface area contributed by atoms with E-state index in [0.29, 0.717) is 0 Å². The van der Waals surface area contributed by atoms with E-state index in [9.17, 15) is 0 Å². The molecule has 0 aromatic heterocycles. The quantitative estimate of drug-likeness (QED) is 0.230. The number of rotatable bonds is 0. The molecule has 0 saturated carbocycles. The SMILES string of the molecule is Brc1cc2c3c(ccc4c3c1CCC4)CCC2.c1cc2c3c(ccc4c3c1CCC4)CCC2. The van der Waals surface area contributed by atoms with Crippen LogP contribution in [0.2, 0.25) is 0 Å². The van der Waals surface area contributed by atoms with Crippen molar-refractivity contribution in [3.8, 4) is 0 Å². The van der Waals surface area contributed by atoms with Gasteiger partial charge in [0, 0.05) is 4.47 Å². The van der Waals surface area contributed by atoms with Crippen LogP contribution in [0.25, 0.3) is 21.5 Å². The molecular formula is C32H31Br. The molecule has 0 unspecified atom stereocenters. The molecule has 4 aromatic carbocycles. The first-order valence-corrected chi connectivity index (χ1v) is 13.9. The third-order valence-electron chi connectivity index (χ3n) is 8.65. The second-order valence-corrected chi connectivity index (χ2v) is 11.4. The molecule has 0 atom stereocenters. The summed E-state index contributed by atoms with van der Waals surface area (Å²) in [5, 5.41) is 6.45. The maximum absolute atomic E-state index is 3.79. The normalized spacial score (nSPS) is 17.6. The van der Waals surface area contributed by atoms with Gasteiger partial charge in [0.05, 0.1) is 0 Å². The van der Waals surface area contributed by atoms with E-state index in [4.69, 9.17) is 0 Å². The molecule has 0 aliphatic heterocycles. The minimum Gasteiger partial charge on any atom is -0.0581 e. The summed E-state index contributed by atoms with van der Waals surface area (Å²) in [5.41, 5.74) is 12.7. The van der Waals surface area contributed by atoms with E-state index in [1.54, 1.807) is 66.1 Å². The first-order chi connectivity index (χ1) is 16.3. The molecule has 4 aromatic rings. The van der Waals surface area contributed by atoms with Crippen LogP contribution in [0, 0.1) is 0 Å².